The van der Waals surface area contributed by atoms with Crippen LogP contribution in [-0.4, -0.2) is 208 Å². The highest BCUT2D eigenvalue weighted by Gasteiger charge is 2.43. The summed E-state index contributed by atoms with van der Waals surface area (Å²) in [7, 11) is 0. The number of ether oxygens (including phenoxy) is 4. The number of carbonyl (C=O) groups is 4. The van der Waals surface area contributed by atoms with Gasteiger partial charge in [-0.25, -0.2) is 51.9 Å². The topological polar surface area (TPSA) is 318 Å². The van der Waals surface area contributed by atoms with Crippen LogP contribution in [0, 0.1) is 42.9 Å². The third kappa shape index (κ3) is 21.2. The fourth-order valence-corrected chi connectivity index (χ4v) is 14.9. The van der Waals surface area contributed by atoms with Crippen molar-refractivity contribution in [1.29, 1.82) is 0 Å². The maximum atomic E-state index is 14.5. The van der Waals surface area contributed by atoms with E-state index in [1.807, 2.05) is 19.9 Å². The molecule has 12 aromatic rings. The number of benzene rings is 3. The predicted octanol–water partition coefficient (Wildman–Crippen LogP) is 14.7. The van der Waals surface area contributed by atoms with E-state index >= 15 is 0 Å². The molecule has 45 heteroatoms. The van der Waals surface area contributed by atoms with E-state index in [2.05, 4.69) is 70.7 Å². The molecule has 4 fully saturated rings. The van der Waals surface area contributed by atoms with Crippen molar-refractivity contribution in [2.24, 2.45) is 0 Å². The molecule has 0 radical (unpaired) electrons. The van der Waals surface area contributed by atoms with E-state index in [0.717, 1.165) is 28.0 Å². The van der Waals surface area contributed by atoms with Gasteiger partial charge in [0.05, 0.1) is 125 Å². The smallest absolute Gasteiger partial charge is 0.417 e. The lowest BCUT2D eigenvalue weighted by molar-refractivity contribution is -0.138. The fraction of sp³-hybridized carbons (Fsp3) is 0.349. The van der Waals surface area contributed by atoms with Crippen molar-refractivity contribution in [2.45, 2.75) is 160 Å². The zero-order valence-electron chi connectivity index (χ0n) is 68.5. The van der Waals surface area contributed by atoms with Crippen LogP contribution in [-0.2, 0) is 18.5 Å². The zero-order valence-corrected chi connectivity index (χ0v) is 69.2. The second kappa shape index (κ2) is 39.4. The first-order valence-electron chi connectivity index (χ1n) is 39.7. The second-order valence-corrected chi connectivity index (χ2v) is 30.1. The monoisotopic (exact) mass is 1810 g/mol. The average Bonchev–Trinajstić information content (AvgIpc) is 1.28. The van der Waals surface area contributed by atoms with Crippen LogP contribution in [0.3, 0.4) is 0 Å². The summed E-state index contributed by atoms with van der Waals surface area (Å²) in [6.45, 7) is 12.3. The number of halogens is 15. The van der Waals surface area contributed by atoms with Gasteiger partial charge in [-0.2, -0.15) is 85.1 Å². The Morgan fingerprint density at radius 1 is 0.375 bits per heavy atom. The minimum atomic E-state index is -4.74. The molecule has 0 N–H and O–H groups in total. The highest BCUT2D eigenvalue weighted by atomic mass is 35.5. The molecule has 0 bridgehead atoms. The Balaban J connectivity index is 0.000000146. The first kappa shape index (κ1) is 92.0. The highest BCUT2D eigenvalue weighted by molar-refractivity contribution is 6.30. The summed E-state index contributed by atoms with van der Waals surface area (Å²) in [4.78, 5) is 87.6. The number of hydrogen-bond acceptors (Lipinski definition) is 22. The van der Waals surface area contributed by atoms with Crippen LogP contribution in [0.1, 0.15) is 149 Å². The fourth-order valence-electron chi connectivity index (χ4n) is 14.8. The number of likely N-dealkylation sites (tertiary alicyclic amines) is 4. The lowest BCUT2D eigenvalue weighted by atomic mass is 9.98. The van der Waals surface area contributed by atoms with Gasteiger partial charge in [0, 0.05) is 50.5 Å². The van der Waals surface area contributed by atoms with Crippen LogP contribution in [0.5, 0.6) is 23.7 Å². The van der Waals surface area contributed by atoms with Gasteiger partial charge < -0.3 is 38.5 Å². The summed E-state index contributed by atoms with van der Waals surface area (Å²) in [5, 5.41) is 32.6. The highest BCUT2D eigenvalue weighted by Crippen LogP contribution is 2.38. The van der Waals surface area contributed by atoms with E-state index in [9.17, 15) is 80.6 Å². The third-order valence-corrected chi connectivity index (χ3v) is 21.6. The quantitative estimate of drug-likeness (QED) is 0.0811. The average molecular weight is 1810 g/mol. The number of alkyl halides is 9. The zero-order chi connectivity index (χ0) is 91.6. The van der Waals surface area contributed by atoms with Gasteiger partial charge in [0.1, 0.15) is 47.2 Å². The van der Waals surface area contributed by atoms with E-state index in [4.69, 9.17) is 30.5 Å². The van der Waals surface area contributed by atoms with Crippen molar-refractivity contribution in [2.75, 3.05) is 26.2 Å². The minimum absolute atomic E-state index is 0.0255. The van der Waals surface area contributed by atoms with Crippen LogP contribution in [0.4, 0.5) is 61.5 Å². The molecule has 0 saturated carbocycles. The third-order valence-electron chi connectivity index (χ3n) is 21.4. The van der Waals surface area contributed by atoms with E-state index in [1.165, 1.54) is 107 Å². The van der Waals surface area contributed by atoms with Crippen LogP contribution >= 0.6 is 11.6 Å². The molecular weight excluding hydrogens is 1730 g/mol. The van der Waals surface area contributed by atoms with Gasteiger partial charge in [0.15, 0.2) is 34.8 Å². The van der Waals surface area contributed by atoms with Crippen molar-refractivity contribution in [3.8, 4) is 46.4 Å². The van der Waals surface area contributed by atoms with Gasteiger partial charge in [0.2, 0.25) is 0 Å². The molecule has 4 aliphatic rings. The molecule has 13 heterocycles. The summed E-state index contributed by atoms with van der Waals surface area (Å²) in [5.41, 5.74) is -0.549. The van der Waals surface area contributed by atoms with Gasteiger partial charge in [0.25, 0.3) is 41.3 Å². The van der Waals surface area contributed by atoms with Gasteiger partial charge in [-0.15, -0.1) is 14.4 Å². The number of piperidine rings is 4. The summed E-state index contributed by atoms with van der Waals surface area (Å²) in [6.07, 6.45) is 3.97. The first-order chi connectivity index (χ1) is 61.0. The largest absolute Gasteiger partial charge is 0.470 e. The van der Waals surface area contributed by atoms with Crippen molar-refractivity contribution < 1.29 is 99.6 Å². The number of aryl methyl sites for hydroxylation is 2. The Hall–Kier alpha value is -13.7. The molecule has 4 aliphatic heterocycles. The number of hydrogen-bond donors (Lipinski definition) is 0. The normalized spacial score (nSPS) is 19.0. The Labute approximate surface area is 723 Å². The predicted molar refractivity (Wildman–Crippen MR) is 424 cm³/mol. The minimum Gasteiger partial charge on any atom is -0.470 e. The number of aromatic nitrogens is 18. The molecule has 0 aliphatic carbocycles. The Kier molecular flexibility index (Phi) is 28.3. The summed E-state index contributed by atoms with van der Waals surface area (Å²) in [5.74, 6) is -8.04. The molecular formula is C83H77ClF14N22O8. The second-order valence-electron chi connectivity index (χ2n) is 29.7. The van der Waals surface area contributed by atoms with Crippen LogP contribution in [0.25, 0.3) is 22.7 Å². The summed E-state index contributed by atoms with van der Waals surface area (Å²) >= 11 is 5.81. The number of carbonyl (C=O) groups excluding carboxylic acids is 4. The summed E-state index contributed by atoms with van der Waals surface area (Å²) in [6, 6.07) is 16.4. The first-order valence-corrected chi connectivity index (χ1v) is 40.1. The van der Waals surface area contributed by atoms with Crippen molar-refractivity contribution in [3.05, 3.63) is 250 Å². The molecule has 8 atom stereocenters. The van der Waals surface area contributed by atoms with E-state index in [-0.39, 0.29) is 64.1 Å². The standard InChI is InChI=1S/C22H21F4N5O2.C21H18F5N5O2.C21H20F4N6O2.C19H18ClFN6O2/c1-13-5-3-6-16(19(13)31-28-8-9-29-31)21(32)30-10-4-7-18(14(30)2)33-20-17(23)11-15(12-27-20)22(24,25)26;1-12-17(33-19-16(23)10-13(11-27-19)21(24,25)26)6-3-9-30(12)20(32)14-4-2-5-15(22)18(14)31-28-7-8-29-31;1-12-5-6-16(31-27-7-8-28-31)18(29-12)20(32)30-9-3-4-17(13(30)2)33-19-15(22)10-14(11-26-19)21(23,24)25;1-12-16(29-19-22-10-13(20)11-23-19)6-3-9-26(12)18(28)14-4-2-5-15(21)17(14)27-24-7-8-25-27/h3,5-6,8-9,11-12,14,18H,4,7,10H2,1-2H3;2,4-5,7-8,10-12,17H,3,6,9H2,1H3;5-8,10-11,13,17H,3-4,9H2,1-2H3;2,4-5,7-8,10-12,16H,3,6,9H2,1H3/t14-,18+;12-,17+;13-,17+;12-,16+/m0000/s1. The molecule has 3 aromatic carbocycles. The van der Waals surface area contributed by atoms with Crippen LogP contribution in [0.2, 0.25) is 5.02 Å². The van der Waals surface area contributed by atoms with Crippen molar-refractivity contribution in [1.82, 2.24) is 109 Å². The SMILES string of the molecule is C[C@H]1[C@H](Oc2ncc(C(F)(F)F)cc2F)CCCN1C(=O)c1cccc(F)c1-n1nccn1.C[C@H]1[C@H](Oc2ncc(Cl)cn2)CCCN1C(=O)c1cccc(F)c1-n1nccn1.Cc1ccc(-n2nccn2)c(C(=O)N2CCC[C@@H](Oc3ncc(C(F)(F)F)cc3F)[C@@H]2C)n1.Cc1cccc(C(=O)N2CCC[C@@H](Oc3ncc(C(F)(F)F)cc3F)[C@@H]2C)c1-n1nccn1. The number of para-hydroxylation sites is 3. The Morgan fingerprint density at radius 3 is 1.03 bits per heavy atom. The van der Waals surface area contributed by atoms with Crippen molar-refractivity contribution >= 4 is 35.2 Å². The van der Waals surface area contributed by atoms with Crippen LogP contribution in [0.15, 0.2) is 165 Å². The molecule has 0 spiro atoms. The molecule has 672 valence electrons. The molecule has 4 saturated heterocycles. The number of pyridine rings is 4. The molecule has 4 amide bonds. The van der Waals surface area contributed by atoms with E-state index in [0.29, 0.717) is 129 Å². The lowest BCUT2D eigenvalue weighted by Gasteiger charge is -2.39. The molecule has 0 unspecified atom stereocenters. The number of rotatable bonds is 16. The Bertz CT molecular complexity index is 5550. The number of amides is 4. The Morgan fingerprint density at radius 2 is 0.688 bits per heavy atom. The lowest BCUT2D eigenvalue weighted by Crippen LogP contribution is -2.51. The van der Waals surface area contributed by atoms with Gasteiger partial charge in [-0.3, -0.25) is 19.2 Å². The van der Waals surface area contributed by atoms with E-state index < -0.39 is 124 Å². The molecule has 16 rings (SSSR count). The van der Waals surface area contributed by atoms with Gasteiger partial charge in [-0.1, -0.05) is 35.9 Å². The molecule has 9 aromatic heterocycles. The van der Waals surface area contributed by atoms with Gasteiger partial charge in [-0.05, 0) is 159 Å². The number of nitrogens with zero attached hydrogens (tertiary/aromatic N) is 22. The molecule has 30 nitrogen and oxygen atoms in total. The maximum Gasteiger partial charge on any atom is 0.417 e. The summed E-state index contributed by atoms with van der Waals surface area (Å²) < 4.78 is 209. The van der Waals surface area contributed by atoms with Crippen LogP contribution < -0.4 is 18.9 Å². The molecule has 128 heavy (non-hydrogen) atoms. The van der Waals surface area contributed by atoms with Gasteiger partial charge >= 0.3 is 24.5 Å². The van der Waals surface area contributed by atoms with Crippen molar-refractivity contribution in [3.63, 3.8) is 0 Å². The maximum absolute atomic E-state index is 14.5. The van der Waals surface area contributed by atoms with E-state index in [1.54, 1.807) is 72.7 Å².